The summed E-state index contributed by atoms with van der Waals surface area (Å²) in [6.45, 7) is 3.42. The van der Waals surface area contributed by atoms with Gasteiger partial charge in [0.05, 0.1) is 10.7 Å². The predicted octanol–water partition coefficient (Wildman–Crippen LogP) is 4.61. The number of alkyl halides is 1. The summed E-state index contributed by atoms with van der Waals surface area (Å²) in [6.07, 6.45) is 3.88. The number of hydrogen-bond donors (Lipinski definition) is 0. The topological polar surface area (TPSA) is 3.24 Å². The zero-order valence-corrected chi connectivity index (χ0v) is 11.9. The van der Waals surface area contributed by atoms with Crippen LogP contribution in [0.25, 0.3) is 0 Å². The molecule has 0 amide bonds. The minimum absolute atomic E-state index is 0.603. The Hall–Kier alpha value is -0.210. The first-order valence-electron chi connectivity index (χ1n) is 5.84. The first kappa shape index (κ1) is 12.3. The largest absolute Gasteiger partial charge is 0.367 e. The lowest BCUT2D eigenvalue weighted by atomic mass is 10.0. The molecule has 1 aliphatic heterocycles. The molecule has 1 aromatic carbocycles. The fourth-order valence-corrected chi connectivity index (χ4v) is 3.17. The van der Waals surface area contributed by atoms with Gasteiger partial charge in [-0.3, -0.25) is 0 Å². The maximum absolute atomic E-state index is 6.34. The number of halogens is 2. The Kier molecular flexibility index (Phi) is 4.15. The third-order valence-electron chi connectivity index (χ3n) is 3.30. The van der Waals surface area contributed by atoms with Crippen LogP contribution in [0.2, 0.25) is 5.02 Å². The molecule has 2 rings (SSSR count). The van der Waals surface area contributed by atoms with Gasteiger partial charge in [0.1, 0.15) is 0 Å². The van der Waals surface area contributed by atoms with E-state index in [1.807, 2.05) is 12.1 Å². The van der Waals surface area contributed by atoms with Gasteiger partial charge in [0, 0.05) is 17.9 Å². The van der Waals surface area contributed by atoms with Crippen LogP contribution in [0.4, 0.5) is 5.69 Å². The molecule has 0 spiro atoms. The summed E-state index contributed by atoms with van der Waals surface area (Å²) in [5.41, 5.74) is 2.52. The van der Waals surface area contributed by atoms with E-state index in [0.29, 0.717) is 6.04 Å². The Morgan fingerprint density at radius 2 is 2.25 bits per heavy atom. The van der Waals surface area contributed by atoms with E-state index in [9.17, 15) is 0 Å². The van der Waals surface area contributed by atoms with E-state index in [-0.39, 0.29) is 0 Å². The Morgan fingerprint density at radius 1 is 1.44 bits per heavy atom. The van der Waals surface area contributed by atoms with Gasteiger partial charge in [-0.05, 0) is 37.8 Å². The van der Waals surface area contributed by atoms with Crippen molar-refractivity contribution >= 4 is 33.2 Å². The summed E-state index contributed by atoms with van der Waals surface area (Å²) in [5, 5.41) is 1.75. The Balaban J connectivity index is 2.37. The molecule has 1 atom stereocenters. The second kappa shape index (κ2) is 5.42. The van der Waals surface area contributed by atoms with Crippen LogP contribution in [0.1, 0.15) is 31.7 Å². The highest BCUT2D eigenvalue weighted by atomic mass is 79.9. The molecule has 16 heavy (non-hydrogen) atoms. The summed E-state index contributed by atoms with van der Waals surface area (Å²) in [5.74, 6) is 0. The molecule has 0 aromatic heterocycles. The zero-order valence-electron chi connectivity index (χ0n) is 9.55. The first-order chi connectivity index (χ1) is 7.74. The van der Waals surface area contributed by atoms with Crippen LogP contribution in [-0.2, 0) is 5.33 Å². The van der Waals surface area contributed by atoms with Gasteiger partial charge in [0.25, 0.3) is 0 Å². The number of piperidine rings is 1. The van der Waals surface area contributed by atoms with E-state index in [0.717, 1.165) is 16.9 Å². The van der Waals surface area contributed by atoms with Crippen LogP contribution in [0.15, 0.2) is 18.2 Å². The number of benzene rings is 1. The fourth-order valence-electron chi connectivity index (χ4n) is 2.42. The standard InChI is InChI=1S/C13H17BrClN/c1-10-5-2-3-8-16(10)13-11(9-14)6-4-7-12(13)15/h4,6-7,10H,2-3,5,8-9H2,1H3. The molecular formula is C13H17BrClN. The maximum atomic E-state index is 6.34. The van der Waals surface area contributed by atoms with Crippen LogP contribution in [0, 0.1) is 0 Å². The summed E-state index contributed by atoms with van der Waals surface area (Å²) >= 11 is 9.89. The second-order valence-electron chi connectivity index (χ2n) is 4.42. The van der Waals surface area contributed by atoms with E-state index < -0.39 is 0 Å². The molecule has 1 aliphatic rings. The van der Waals surface area contributed by atoms with Crippen molar-refractivity contribution in [1.29, 1.82) is 0 Å². The van der Waals surface area contributed by atoms with Crippen molar-refractivity contribution in [1.82, 2.24) is 0 Å². The quantitative estimate of drug-likeness (QED) is 0.721. The van der Waals surface area contributed by atoms with E-state index in [1.165, 1.54) is 30.5 Å². The minimum Gasteiger partial charge on any atom is -0.367 e. The Bertz CT molecular complexity index is 367. The van der Waals surface area contributed by atoms with Gasteiger partial charge in [-0.1, -0.05) is 39.7 Å². The van der Waals surface area contributed by atoms with Gasteiger partial charge in [-0.15, -0.1) is 0 Å². The summed E-state index contributed by atoms with van der Waals surface area (Å²) in [4.78, 5) is 2.46. The molecule has 0 N–H and O–H groups in total. The van der Waals surface area contributed by atoms with E-state index in [1.54, 1.807) is 0 Å². The average Bonchev–Trinajstić information content (AvgIpc) is 2.30. The number of hydrogen-bond acceptors (Lipinski definition) is 1. The molecule has 0 radical (unpaired) electrons. The highest BCUT2D eigenvalue weighted by Crippen LogP contribution is 2.35. The third kappa shape index (κ3) is 2.38. The van der Waals surface area contributed by atoms with Gasteiger partial charge < -0.3 is 4.90 Å². The van der Waals surface area contributed by atoms with Crippen LogP contribution in [0.3, 0.4) is 0 Å². The van der Waals surface area contributed by atoms with Crippen molar-refractivity contribution in [2.75, 3.05) is 11.4 Å². The van der Waals surface area contributed by atoms with Crippen molar-refractivity contribution in [2.45, 2.75) is 37.6 Å². The van der Waals surface area contributed by atoms with E-state index >= 15 is 0 Å². The molecule has 0 saturated carbocycles. The zero-order chi connectivity index (χ0) is 11.5. The lowest BCUT2D eigenvalue weighted by Gasteiger charge is -2.37. The Morgan fingerprint density at radius 3 is 2.94 bits per heavy atom. The normalized spacial score (nSPS) is 21.2. The molecule has 1 saturated heterocycles. The van der Waals surface area contributed by atoms with Crippen molar-refractivity contribution in [2.24, 2.45) is 0 Å². The first-order valence-corrected chi connectivity index (χ1v) is 7.34. The lowest BCUT2D eigenvalue weighted by molar-refractivity contribution is 0.484. The van der Waals surface area contributed by atoms with Crippen LogP contribution in [0.5, 0.6) is 0 Å². The third-order valence-corrected chi connectivity index (χ3v) is 4.21. The average molecular weight is 303 g/mol. The van der Waals surface area contributed by atoms with Gasteiger partial charge >= 0.3 is 0 Å². The smallest absolute Gasteiger partial charge is 0.0642 e. The number of para-hydroxylation sites is 1. The van der Waals surface area contributed by atoms with Crippen molar-refractivity contribution < 1.29 is 0 Å². The molecule has 88 valence electrons. The lowest BCUT2D eigenvalue weighted by Crippen LogP contribution is -2.38. The molecule has 1 aromatic rings. The molecule has 1 heterocycles. The number of rotatable bonds is 2. The van der Waals surface area contributed by atoms with Crippen molar-refractivity contribution in [3.8, 4) is 0 Å². The van der Waals surface area contributed by atoms with Crippen LogP contribution < -0.4 is 4.90 Å². The van der Waals surface area contributed by atoms with E-state index in [4.69, 9.17) is 11.6 Å². The summed E-state index contributed by atoms with van der Waals surface area (Å²) in [7, 11) is 0. The summed E-state index contributed by atoms with van der Waals surface area (Å²) in [6, 6.07) is 6.77. The van der Waals surface area contributed by atoms with Gasteiger partial charge in [-0.2, -0.15) is 0 Å². The molecule has 1 nitrogen and oxygen atoms in total. The molecule has 3 heteroatoms. The molecular weight excluding hydrogens is 286 g/mol. The fraction of sp³-hybridized carbons (Fsp3) is 0.538. The number of nitrogens with zero attached hydrogens (tertiary/aromatic N) is 1. The van der Waals surface area contributed by atoms with Crippen LogP contribution in [-0.4, -0.2) is 12.6 Å². The second-order valence-corrected chi connectivity index (χ2v) is 5.39. The maximum Gasteiger partial charge on any atom is 0.0642 e. The van der Waals surface area contributed by atoms with Crippen molar-refractivity contribution in [3.05, 3.63) is 28.8 Å². The number of anilines is 1. The van der Waals surface area contributed by atoms with Gasteiger partial charge in [0.15, 0.2) is 0 Å². The molecule has 0 aliphatic carbocycles. The van der Waals surface area contributed by atoms with E-state index in [2.05, 4.69) is 33.8 Å². The minimum atomic E-state index is 0.603. The summed E-state index contributed by atoms with van der Waals surface area (Å²) < 4.78 is 0. The van der Waals surface area contributed by atoms with Gasteiger partial charge in [-0.25, -0.2) is 0 Å². The van der Waals surface area contributed by atoms with Crippen molar-refractivity contribution in [3.63, 3.8) is 0 Å². The van der Waals surface area contributed by atoms with Gasteiger partial charge in [0.2, 0.25) is 0 Å². The highest BCUT2D eigenvalue weighted by molar-refractivity contribution is 9.08. The SMILES string of the molecule is CC1CCCCN1c1c(Cl)cccc1CBr. The highest BCUT2D eigenvalue weighted by Gasteiger charge is 2.22. The monoisotopic (exact) mass is 301 g/mol. The molecule has 1 fully saturated rings. The molecule has 0 bridgehead atoms. The predicted molar refractivity (Wildman–Crippen MR) is 74.7 cm³/mol. The molecule has 1 unspecified atom stereocenters. The van der Waals surface area contributed by atoms with Crippen LogP contribution >= 0.6 is 27.5 Å². The Labute approximate surface area is 111 Å².